The van der Waals surface area contributed by atoms with Crippen molar-refractivity contribution in [2.45, 2.75) is 0 Å². The molecule has 2 aromatic heterocycles. The molecule has 0 unspecified atom stereocenters. The van der Waals surface area contributed by atoms with Gasteiger partial charge in [-0.2, -0.15) is 4.98 Å². The van der Waals surface area contributed by atoms with Crippen LogP contribution in [0, 0.1) is 0 Å². The van der Waals surface area contributed by atoms with Crippen molar-refractivity contribution in [1.82, 2.24) is 10.1 Å². The van der Waals surface area contributed by atoms with Crippen LogP contribution in [0.1, 0.15) is 10.6 Å². The van der Waals surface area contributed by atoms with Gasteiger partial charge in [0, 0.05) is 5.39 Å². The summed E-state index contributed by atoms with van der Waals surface area (Å²) in [6, 6.07) is 9.10. The van der Waals surface area contributed by atoms with Crippen LogP contribution in [-0.2, 0) is 0 Å². The highest BCUT2D eigenvalue weighted by Gasteiger charge is 2.17. The van der Waals surface area contributed by atoms with E-state index in [0.717, 1.165) is 5.39 Å². The minimum absolute atomic E-state index is 0.0543. The van der Waals surface area contributed by atoms with Crippen molar-refractivity contribution < 1.29 is 18.8 Å². The topological polar surface area (TPSA) is 89.4 Å². The number of aromatic carboxylic acids is 1. The number of carboxylic acid groups (broad SMARTS) is 1. The molecule has 1 aromatic carbocycles. The van der Waals surface area contributed by atoms with E-state index in [1.807, 2.05) is 18.2 Å². The summed E-state index contributed by atoms with van der Waals surface area (Å²) in [5, 5.41) is 12.9. The molecular weight excluding hydrogens is 224 g/mol. The lowest BCUT2D eigenvalue weighted by atomic mass is 10.2. The van der Waals surface area contributed by atoms with Crippen LogP contribution in [-0.4, -0.2) is 21.2 Å². The van der Waals surface area contributed by atoms with E-state index in [-0.39, 0.29) is 11.7 Å². The third-order valence-corrected chi connectivity index (χ3v) is 2.25. The van der Waals surface area contributed by atoms with Crippen molar-refractivity contribution in [2.24, 2.45) is 0 Å². The normalized spacial score (nSPS) is 10.8. The van der Waals surface area contributed by atoms with E-state index in [0.29, 0.717) is 11.3 Å². The summed E-state index contributed by atoms with van der Waals surface area (Å²) in [6.45, 7) is 0. The Hall–Kier alpha value is -2.63. The van der Waals surface area contributed by atoms with Gasteiger partial charge >= 0.3 is 5.97 Å². The summed E-state index contributed by atoms with van der Waals surface area (Å²) in [5.74, 6) is -1.22. The van der Waals surface area contributed by atoms with Gasteiger partial charge in [0.1, 0.15) is 5.58 Å². The SMILES string of the molecule is O=C(O)c1noc(-c2cc3ccccc3o2)n1. The fourth-order valence-electron chi connectivity index (χ4n) is 1.50. The predicted octanol–water partition coefficient (Wildman–Crippen LogP) is 2.18. The van der Waals surface area contributed by atoms with Crippen molar-refractivity contribution in [2.75, 3.05) is 0 Å². The van der Waals surface area contributed by atoms with Gasteiger partial charge in [-0.05, 0) is 17.3 Å². The molecule has 2 heterocycles. The largest absolute Gasteiger partial charge is 0.475 e. The number of para-hydroxylation sites is 1. The van der Waals surface area contributed by atoms with Crippen LogP contribution in [0.25, 0.3) is 22.6 Å². The third kappa shape index (κ3) is 1.55. The Balaban J connectivity index is 2.10. The predicted molar refractivity (Wildman–Crippen MR) is 56.5 cm³/mol. The molecule has 0 fully saturated rings. The van der Waals surface area contributed by atoms with Gasteiger partial charge in [-0.3, -0.25) is 0 Å². The smallest absolute Gasteiger partial charge is 0.377 e. The second-order valence-corrected chi connectivity index (χ2v) is 3.38. The molecule has 0 atom stereocenters. The Morgan fingerprint density at radius 2 is 2.12 bits per heavy atom. The molecule has 6 nitrogen and oxygen atoms in total. The molecule has 1 N–H and O–H groups in total. The highest BCUT2D eigenvalue weighted by Crippen LogP contribution is 2.26. The Labute approximate surface area is 94.5 Å². The molecule has 3 aromatic rings. The number of hydrogen-bond donors (Lipinski definition) is 1. The third-order valence-electron chi connectivity index (χ3n) is 2.25. The van der Waals surface area contributed by atoms with E-state index in [2.05, 4.69) is 10.1 Å². The number of nitrogens with zero attached hydrogens (tertiary/aromatic N) is 2. The van der Waals surface area contributed by atoms with Gasteiger partial charge in [0.25, 0.3) is 11.7 Å². The van der Waals surface area contributed by atoms with Gasteiger partial charge in [-0.1, -0.05) is 18.2 Å². The molecule has 17 heavy (non-hydrogen) atoms. The van der Waals surface area contributed by atoms with E-state index in [9.17, 15) is 4.79 Å². The van der Waals surface area contributed by atoms with Crippen LogP contribution in [0.5, 0.6) is 0 Å². The molecule has 0 aliphatic heterocycles. The van der Waals surface area contributed by atoms with Gasteiger partial charge in [0.05, 0.1) is 0 Å². The molecule has 0 aliphatic carbocycles. The molecule has 0 bridgehead atoms. The molecule has 0 amide bonds. The molecule has 3 rings (SSSR count). The second kappa shape index (κ2) is 3.44. The highest BCUT2D eigenvalue weighted by molar-refractivity contribution is 5.84. The zero-order valence-corrected chi connectivity index (χ0v) is 8.45. The second-order valence-electron chi connectivity index (χ2n) is 3.38. The van der Waals surface area contributed by atoms with Gasteiger partial charge in [0.2, 0.25) is 0 Å². The minimum atomic E-state index is -1.24. The first-order chi connectivity index (χ1) is 8.24. The summed E-state index contributed by atoms with van der Waals surface area (Å²) in [7, 11) is 0. The first kappa shape index (κ1) is 9.59. The number of hydrogen-bond acceptors (Lipinski definition) is 5. The number of carbonyl (C=O) groups is 1. The molecular formula is C11H6N2O4. The van der Waals surface area contributed by atoms with Crippen molar-refractivity contribution in [3.63, 3.8) is 0 Å². The zero-order valence-electron chi connectivity index (χ0n) is 8.45. The van der Waals surface area contributed by atoms with Gasteiger partial charge in [0.15, 0.2) is 5.76 Å². The molecule has 0 spiro atoms. The zero-order chi connectivity index (χ0) is 11.8. The molecule has 0 saturated heterocycles. The van der Waals surface area contributed by atoms with Crippen LogP contribution < -0.4 is 0 Å². The van der Waals surface area contributed by atoms with Crippen LogP contribution in [0.4, 0.5) is 0 Å². The van der Waals surface area contributed by atoms with E-state index in [1.165, 1.54) is 0 Å². The summed E-state index contributed by atoms with van der Waals surface area (Å²) in [6.07, 6.45) is 0. The van der Waals surface area contributed by atoms with E-state index in [4.69, 9.17) is 14.0 Å². The number of benzene rings is 1. The number of carboxylic acids is 1. The molecule has 0 aliphatic rings. The lowest BCUT2D eigenvalue weighted by molar-refractivity contribution is 0.0680. The first-order valence-electron chi connectivity index (χ1n) is 4.80. The van der Waals surface area contributed by atoms with Gasteiger partial charge < -0.3 is 14.0 Å². The standard InChI is InChI=1S/C11H6N2O4/c14-11(15)9-12-10(17-13-9)8-5-6-3-1-2-4-7(6)16-8/h1-5H,(H,14,15). The van der Waals surface area contributed by atoms with Crippen molar-refractivity contribution in [3.8, 4) is 11.7 Å². The maximum absolute atomic E-state index is 10.6. The molecule has 0 radical (unpaired) electrons. The van der Waals surface area contributed by atoms with E-state index >= 15 is 0 Å². The summed E-state index contributed by atoms with van der Waals surface area (Å²) >= 11 is 0. The van der Waals surface area contributed by atoms with Crippen molar-refractivity contribution in [3.05, 3.63) is 36.2 Å². The summed E-state index contributed by atoms with van der Waals surface area (Å²) in [4.78, 5) is 14.3. The Kier molecular flexibility index (Phi) is 1.94. The van der Waals surface area contributed by atoms with Crippen LogP contribution in [0.2, 0.25) is 0 Å². The molecule has 84 valence electrons. The quantitative estimate of drug-likeness (QED) is 0.725. The van der Waals surface area contributed by atoms with Gasteiger partial charge in [-0.15, -0.1) is 0 Å². The molecule has 0 saturated carbocycles. The van der Waals surface area contributed by atoms with E-state index in [1.54, 1.807) is 12.1 Å². The van der Waals surface area contributed by atoms with Crippen molar-refractivity contribution >= 4 is 16.9 Å². The highest BCUT2D eigenvalue weighted by atomic mass is 16.5. The number of fused-ring (bicyclic) bond motifs is 1. The summed E-state index contributed by atoms with van der Waals surface area (Å²) in [5.41, 5.74) is 0.678. The lowest BCUT2D eigenvalue weighted by Crippen LogP contribution is -1.98. The Bertz CT molecular complexity index is 665. The fraction of sp³-hybridized carbons (Fsp3) is 0. The first-order valence-corrected chi connectivity index (χ1v) is 4.80. The summed E-state index contributed by atoms with van der Waals surface area (Å²) < 4.78 is 10.3. The Morgan fingerprint density at radius 1 is 1.29 bits per heavy atom. The Morgan fingerprint density at radius 3 is 2.82 bits per heavy atom. The van der Waals surface area contributed by atoms with Crippen LogP contribution in [0.15, 0.2) is 39.3 Å². The molecule has 6 heteroatoms. The number of aromatic nitrogens is 2. The maximum Gasteiger partial charge on any atom is 0.377 e. The van der Waals surface area contributed by atoms with Crippen molar-refractivity contribution in [1.29, 1.82) is 0 Å². The average Bonchev–Trinajstić information content (AvgIpc) is 2.95. The fourth-order valence-corrected chi connectivity index (χ4v) is 1.50. The van der Waals surface area contributed by atoms with Crippen LogP contribution >= 0.6 is 0 Å². The van der Waals surface area contributed by atoms with E-state index < -0.39 is 5.97 Å². The monoisotopic (exact) mass is 230 g/mol. The number of furan rings is 1. The van der Waals surface area contributed by atoms with Gasteiger partial charge in [-0.25, -0.2) is 4.79 Å². The van der Waals surface area contributed by atoms with Crippen LogP contribution in [0.3, 0.4) is 0 Å². The minimum Gasteiger partial charge on any atom is -0.475 e. The number of rotatable bonds is 2. The lowest BCUT2D eigenvalue weighted by Gasteiger charge is -1.84. The maximum atomic E-state index is 10.6. The average molecular weight is 230 g/mol.